The number of methoxy groups -OCH3 is 2. The molecule has 2 aliphatic rings. The summed E-state index contributed by atoms with van der Waals surface area (Å²) >= 11 is 0. The third-order valence-electron chi connectivity index (χ3n) is 4.28. The van der Waals surface area contributed by atoms with Gasteiger partial charge in [-0.05, 0) is 12.8 Å². The molecule has 1 heterocycles. The van der Waals surface area contributed by atoms with E-state index in [0.29, 0.717) is 25.9 Å². The lowest BCUT2D eigenvalue weighted by molar-refractivity contribution is -0.148. The summed E-state index contributed by atoms with van der Waals surface area (Å²) in [6.07, 6.45) is 1.82. The molecule has 1 saturated heterocycles. The number of aliphatic carboxylic acids is 1. The second-order valence-corrected chi connectivity index (χ2v) is 5.27. The highest BCUT2D eigenvalue weighted by atomic mass is 16.5. The van der Waals surface area contributed by atoms with Gasteiger partial charge in [0.05, 0.1) is 11.8 Å². The molecule has 0 aromatic heterocycles. The molecule has 0 bridgehead atoms. The zero-order valence-corrected chi connectivity index (χ0v) is 11.4. The number of carbonyl (C=O) groups is 2. The van der Waals surface area contributed by atoms with Crippen molar-refractivity contribution in [1.29, 1.82) is 0 Å². The van der Waals surface area contributed by atoms with Crippen molar-refractivity contribution in [3.8, 4) is 0 Å². The van der Waals surface area contributed by atoms with Gasteiger partial charge >= 0.3 is 5.97 Å². The predicted octanol–water partition coefficient (Wildman–Crippen LogP) is 0.360. The summed E-state index contributed by atoms with van der Waals surface area (Å²) in [5, 5.41) is 9.15. The lowest BCUT2D eigenvalue weighted by atomic mass is 9.95. The maximum Gasteiger partial charge on any atom is 0.307 e. The van der Waals surface area contributed by atoms with Crippen LogP contribution >= 0.6 is 0 Å². The number of carbonyl (C=O) groups excluding carboxylic acids is 1. The largest absolute Gasteiger partial charge is 0.481 e. The number of carboxylic acids is 1. The number of nitrogens with zero attached hydrogens (tertiary/aromatic N) is 1. The van der Waals surface area contributed by atoms with E-state index in [-0.39, 0.29) is 24.0 Å². The molecule has 1 amide bonds. The van der Waals surface area contributed by atoms with E-state index in [9.17, 15) is 9.59 Å². The molecule has 0 aromatic rings. The molecular formula is C13H21NO5. The smallest absolute Gasteiger partial charge is 0.307 e. The summed E-state index contributed by atoms with van der Waals surface area (Å²) < 4.78 is 10.6. The monoisotopic (exact) mass is 271 g/mol. The molecular weight excluding hydrogens is 250 g/mol. The number of hydrogen-bond acceptors (Lipinski definition) is 4. The Morgan fingerprint density at radius 1 is 1.05 bits per heavy atom. The van der Waals surface area contributed by atoms with E-state index in [2.05, 4.69) is 0 Å². The van der Waals surface area contributed by atoms with Crippen molar-refractivity contribution in [3.05, 3.63) is 0 Å². The molecule has 2 rings (SSSR count). The first-order valence-electron chi connectivity index (χ1n) is 6.65. The molecule has 1 aliphatic heterocycles. The quantitative estimate of drug-likeness (QED) is 0.799. The van der Waals surface area contributed by atoms with Gasteiger partial charge in [0.2, 0.25) is 5.91 Å². The van der Waals surface area contributed by atoms with Crippen LogP contribution in [0, 0.1) is 11.8 Å². The normalized spacial score (nSPS) is 34.7. The topological polar surface area (TPSA) is 76.1 Å². The van der Waals surface area contributed by atoms with Crippen LogP contribution in [0.2, 0.25) is 0 Å². The van der Waals surface area contributed by atoms with Crippen LogP contribution in [0.3, 0.4) is 0 Å². The first-order chi connectivity index (χ1) is 9.08. The van der Waals surface area contributed by atoms with Gasteiger partial charge in [-0.25, -0.2) is 0 Å². The number of carboxylic acid groups (broad SMARTS) is 1. The molecule has 0 aromatic carbocycles. The Hall–Kier alpha value is -1.14. The molecule has 6 heteroatoms. The average Bonchev–Trinajstić information content (AvgIpc) is 3.03. The van der Waals surface area contributed by atoms with Crippen molar-refractivity contribution in [3.63, 3.8) is 0 Å². The van der Waals surface area contributed by atoms with Crippen molar-refractivity contribution in [2.75, 3.05) is 27.3 Å². The fourth-order valence-electron chi connectivity index (χ4n) is 3.16. The lowest BCUT2D eigenvalue weighted by Crippen LogP contribution is -2.38. The zero-order valence-electron chi connectivity index (χ0n) is 11.4. The maximum absolute atomic E-state index is 12.4. The first kappa shape index (κ1) is 14.3. The van der Waals surface area contributed by atoms with Crippen LogP contribution in [-0.4, -0.2) is 61.4 Å². The minimum absolute atomic E-state index is 0.0634. The van der Waals surface area contributed by atoms with Gasteiger partial charge in [0, 0.05) is 27.3 Å². The Kier molecular flexibility index (Phi) is 4.42. The number of rotatable bonds is 4. The van der Waals surface area contributed by atoms with Crippen molar-refractivity contribution in [2.24, 2.45) is 11.8 Å². The Morgan fingerprint density at radius 3 is 2.05 bits per heavy atom. The predicted molar refractivity (Wildman–Crippen MR) is 66.6 cm³/mol. The second-order valence-electron chi connectivity index (χ2n) is 5.27. The highest BCUT2D eigenvalue weighted by Gasteiger charge is 2.43. The Bertz CT molecular complexity index is 347. The summed E-state index contributed by atoms with van der Waals surface area (Å²) in [6, 6.07) is 0. The second kappa shape index (κ2) is 5.88. The van der Waals surface area contributed by atoms with Gasteiger partial charge in [-0.3, -0.25) is 9.59 Å². The van der Waals surface area contributed by atoms with E-state index in [0.717, 1.165) is 6.42 Å². The van der Waals surface area contributed by atoms with Gasteiger partial charge in [0.1, 0.15) is 12.2 Å². The highest BCUT2D eigenvalue weighted by molar-refractivity contribution is 5.85. The molecule has 19 heavy (non-hydrogen) atoms. The summed E-state index contributed by atoms with van der Waals surface area (Å²) in [6.45, 7) is 0.966. The summed E-state index contributed by atoms with van der Waals surface area (Å²) in [5.74, 6) is -1.84. The van der Waals surface area contributed by atoms with Crippen molar-refractivity contribution in [2.45, 2.75) is 31.5 Å². The fourth-order valence-corrected chi connectivity index (χ4v) is 3.16. The Balaban J connectivity index is 2.02. The Labute approximate surface area is 112 Å². The minimum Gasteiger partial charge on any atom is -0.481 e. The standard InChI is InChI=1S/C13H21NO5/c1-18-10-6-14(7-11(10)19-2)12(15)8-4-3-5-9(8)13(16)17/h8-11H,3-7H2,1-2H3,(H,16,17). The molecule has 2 fully saturated rings. The SMILES string of the molecule is COC1CN(C(=O)C2CCCC2C(=O)O)CC1OC. The van der Waals surface area contributed by atoms with E-state index in [1.54, 1.807) is 19.1 Å². The van der Waals surface area contributed by atoms with Gasteiger partial charge < -0.3 is 19.5 Å². The summed E-state index contributed by atoms with van der Waals surface area (Å²) in [7, 11) is 3.20. The molecule has 4 unspecified atom stereocenters. The van der Waals surface area contributed by atoms with Crippen LogP contribution in [0.4, 0.5) is 0 Å². The summed E-state index contributed by atoms with van der Waals surface area (Å²) in [5.41, 5.74) is 0. The van der Waals surface area contributed by atoms with Crippen LogP contribution in [0.15, 0.2) is 0 Å². The average molecular weight is 271 g/mol. The molecule has 6 nitrogen and oxygen atoms in total. The third kappa shape index (κ3) is 2.74. The molecule has 1 N–H and O–H groups in total. The lowest BCUT2D eigenvalue weighted by Gasteiger charge is -2.22. The van der Waals surface area contributed by atoms with Gasteiger partial charge in [-0.15, -0.1) is 0 Å². The van der Waals surface area contributed by atoms with E-state index in [4.69, 9.17) is 14.6 Å². The van der Waals surface area contributed by atoms with Gasteiger partial charge in [0.25, 0.3) is 0 Å². The van der Waals surface area contributed by atoms with Crippen LogP contribution in [0.5, 0.6) is 0 Å². The number of ether oxygens (including phenoxy) is 2. The highest BCUT2D eigenvalue weighted by Crippen LogP contribution is 2.34. The van der Waals surface area contributed by atoms with E-state index in [1.807, 2.05) is 0 Å². The molecule has 1 aliphatic carbocycles. The van der Waals surface area contributed by atoms with Crippen LogP contribution in [-0.2, 0) is 19.1 Å². The van der Waals surface area contributed by atoms with Crippen LogP contribution < -0.4 is 0 Å². The van der Waals surface area contributed by atoms with Gasteiger partial charge in [-0.1, -0.05) is 6.42 Å². The zero-order chi connectivity index (χ0) is 14.0. The third-order valence-corrected chi connectivity index (χ3v) is 4.28. The number of hydrogen-bond donors (Lipinski definition) is 1. The van der Waals surface area contributed by atoms with Gasteiger partial charge in [0.15, 0.2) is 0 Å². The first-order valence-corrected chi connectivity index (χ1v) is 6.65. The van der Waals surface area contributed by atoms with E-state index in [1.165, 1.54) is 0 Å². The van der Waals surface area contributed by atoms with Crippen molar-refractivity contribution in [1.82, 2.24) is 4.90 Å². The number of amides is 1. The maximum atomic E-state index is 12.4. The van der Waals surface area contributed by atoms with E-state index >= 15 is 0 Å². The molecule has 1 saturated carbocycles. The van der Waals surface area contributed by atoms with Crippen LogP contribution in [0.25, 0.3) is 0 Å². The van der Waals surface area contributed by atoms with Gasteiger partial charge in [-0.2, -0.15) is 0 Å². The molecule has 0 radical (unpaired) electrons. The van der Waals surface area contributed by atoms with E-state index < -0.39 is 11.9 Å². The molecule has 0 spiro atoms. The van der Waals surface area contributed by atoms with Crippen molar-refractivity contribution < 1.29 is 24.2 Å². The Morgan fingerprint density at radius 2 is 1.58 bits per heavy atom. The van der Waals surface area contributed by atoms with Crippen molar-refractivity contribution >= 4 is 11.9 Å². The number of likely N-dealkylation sites (tertiary alicyclic amines) is 1. The minimum atomic E-state index is -0.860. The molecule has 108 valence electrons. The fraction of sp³-hybridized carbons (Fsp3) is 0.846. The summed E-state index contributed by atoms with van der Waals surface area (Å²) in [4.78, 5) is 25.3. The van der Waals surface area contributed by atoms with Crippen LogP contribution in [0.1, 0.15) is 19.3 Å². The molecule has 4 atom stereocenters.